The number of carbonyl (C=O) groups excluding carboxylic acids is 1. The van der Waals surface area contributed by atoms with Crippen LogP contribution in [-0.2, 0) is 11.4 Å². The number of hydrogen-bond donors (Lipinski definition) is 1. The molecule has 0 saturated carbocycles. The second-order valence-corrected chi connectivity index (χ2v) is 10.5. The Balaban J connectivity index is 1.55. The van der Waals surface area contributed by atoms with Gasteiger partial charge in [-0.3, -0.25) is 4.79 Å². The molecule has 2 aliphatic rings. The van der Waals surface area contributed by atoms with Gasteiger partial charge in [-0.25, -0.2) is 0 Å². The number of nitrogens with zero attached hydrogens (tertiary/aromatic N) is 4. The Morgan fingerprint density at radius 1 is 1.24 bits per heavy atom. The van der Waals surface area contributed by atoms with Crippen LogP contribution >= 0.6 is 15.9 Å². The number of methoxy groups -OCH3 is 1. The van der Waals surface area contributed by atoms with E-state index in [2.05, 4.69) is 69.7 Å². The molecule has 0 spiro atoms. The van der Waals surface area contributed by atoms with E-state index < -0.39 is 6.04 Å². The number of ether oxygens (including phenoxy) is 2. The highest BCUT2D eigenvalue weighted by Crippen LogP contribution is 2.47. The molecule has 0 radical (unpaired) electrons. The Bertz CT molecular complexity index is 1310. The Kier molecular flexibility index (Phi) is 5.67. The zero-order valence-electron chi connectivity index (χ0n) is 19.6. The van der Waals surface area contributed by atoms with Crippen LogP contribution in [0.3, 0.4) is 0 Å². The highest BCUT2D eigenvalue weighted by molar-refractivity contribution is 9.10. The van der Waals surface area contributed by atoms with Crippen molar-refractivity contribution in [3.8, 4) is 11.5 Å². The molecule has 1 aliphatic heterocycles. The van der Waals surface area contributed by atoms with Gasteiger partial charge in [0.1, 0.15) is 12.6 Å². The average molecular weight is 524 g/mol. The second kappa shape index (κ2) is 8.54. The molecule has 1 aliphatic carbocycles. The monoisotopic (exact) mass is 523 g/mol. The lowest BCUT2D eigenvalue weighted by Crippen LogP contribution is -2.36. The van der Waals surface area contributed by atoms with Gasteiger partial charge in [-0.15, -0.1) is 0 Å². The molecule has 1 atom stereocenters. The topological polar surface area (TPSA) is 91.2 Å². The number of fused-ring (bicyclic) bond motifs is 1. The molecular weight excluding hydrogens is 498 g/mol. The first-order valence-corrected chi connectivity index (χ1v) is 11.9. The Hall–Kier alpha value is -3.20. The molecule has 1 N–H and O–H groups in total. The Labute approximate surface area is 206 Å². The third-order valence-electron chi connectivity index (χ3n) is 6.23. The van der Waals surface area contributed by atoms with Crippen molar-refractivity contribution < 1.29 is 14.3 Å². The average Bonchev–Trinajstić information content (AvgIpc) is 3.23. The van der Waals surface area contributed by atoms with Gasteiger partial charge in [0.05, 0.1) is 11.6 Å². The summed E-state index contributed by atoms with van der Waals surface area (Å²) in [6.45, 7) is 6.66. The van der Waals surface area contributed by atoms with Gasteiger partial charge in [0.2, 0.25) is 5.95 Å². The quantitative estimate of drug-likeness (QED) is 0.503. The van der Waals surface area contributed by atoms with E-state index in [1.165, 1.54) is 5.56 Å². The number of allylic oxidation sites excluding steroid dienone is 2. The lowest BCUT2D eigenvalue weighted by atomic mass is 9.73. The van der Waals surface area contributed by atoms with Crippen LogP contribution in [0, 0.1) is 12.3 Å². The molecular formula is C25H26BrN5O3. The number of tetrazole rings is 1. The predicted octanol–water partition coefficient (Wildman–Crippen LogP) is 4.99. The van der Waals surface area contributed by atoms with E-state index in [-0.39, 0.29) is 11.2 Å². The van der Waals surface area contributed by atoms with Gasteiger partial charge in [-0.1, -0.05) is 48.8 Å². The van der Waals surface area contributed by atoms with Crippen LogP contribution in [-0.4, -0.2) is 33.1 Å². The lowest BCUT2D eigenvalue weighted by Gasteiger charge is -2.38. The summed E-state index contributed by atoms with van der Waals surface area (Å²) in [6.07, 6.45) is 1.21. The maximum atomic E-state index is 13.3. The number of carbonyl (C=O) groups is 1. The third-order valence-corrected chi connectivity index (χ3v) is 6.82. The lowest BCUT2D eigenvalue weighted by molar-refractivity contribution is -0.118. The molecule has 2 heterocycles. The normalized spacial score (nSPS) is 18.7. The summed E-state index contributed by atoms with van der Waals surface area (Å²) in [5.41, 5.74) is 4.52. The summed E-state index contributed by atoms with van der Waals surface area (Å²) in [5, 5.41) is 15.4. The molecule has 0 bridgehead atoms. The number of Topliss-reactive ketones (excluding diaryl/α,β-unsaturated/α-hetero) is 1. The van der Waals surface area contributed by atoms with Gasteiger partial charge < -0.3 is 14.8 Å². The molecule has 0 saturated heterocycles. The predicted molar refractivity (Wildman–Crippen MR) is 131 cm³/mol. The summed E-state index contributed by atoms with van der Waals surface area (Å²) in [7, 11) is 1.61. The van der Waals surface area contributed by atoms with Crippen molar-refractivity contribution in [1.29, 1.82) is 0 Å². The fraction of sp³-hybridized carbons (Fsp3) is 0.360. The second-order valence-electron chi connectivity index (χ2n) is 9.62. The van der Waals surface area contributed by atoms with Crippen LogP contribution in [0.2, 0.25) is 0 Å². The first-order chi connectivity index (χ1) is 16.3. The molecule has 8 nitrogen and oxygen atoms in total. The molecule has 3 aromatic rings. The van der Waals surface area contributed by atoms with E-state index in [1.807, 2.05) is 24.3 Å². The molecule has 9 heteroatoms. The molecule has 34 heavy (non-hydrogen) atoms. The number of aryl methyl sites for hydroxylation is 1. The van der Waals surface area contributed by atoms with Crippen LogP contribution in [0.5, 0.6) is 11.5 Å². The number of rotatable bonds is 5. The van der Waals surface area contributed by atoms with Gasteiger partial charge in [-0.2, -0.15) is 4.68 Å². The van der Waals surface area contributed by atoms with Crippen LogP contribution in [0.25, 0.3) is 0 Å². The van der Waals surface area contributed by atoms with Gasteiger partial charge in [0, 0.05) is 17.7 Å². The standard InChI is InChI=1S/C25H26BrN5O3/c1-14-6-5-7-15(8-14)13-34-23-17(26)9-16(10-20(23)33-4)22-21-18(11-25(2,3)12-19(21)32)27-24-28-29-30-31(22)24/h5-10,22H,11-13H2,1-4H3,(H,27,28,30). The van der Waals surface area contributed by atoms with Crippen molar-refractivity contribution in [2.75, 3.05) is 12.4 Å². The van der Waals surface area contributed by atoms with Gasteiger partial charge in [-0.05, 0) is 68.4 Å². The molecule has 2 aromatic carbocycles. The molecule has 1 aromatic heterocycles. The van der Waals surface area contributed by atoms with Crippen molar-refractivity contribution in [3.63, 3.8) is 0 Å². The summed E-state index contributed by atoms with van der Waals surface area (Å²) < 4.78 is 14.2. The summed E-state index contributed by atoms with van der Waals surface area (Å²) in [5.74, 6) is 1.78. The van der Waals surface area contributed by atoms with Crippen LogP contribution < -0.4 is 14.8 Å². The van der Waals surface area contributed by atoms with Crippen molar-refractivity contribution in [3.05, 3.63) is 68.8 Å². The van der Waals surface area contributed by atoms with Crippen LogP contribution in [0.4, 0.5) is 5.95 Å². The van der Waals surface area contributed by atoms with E-state index in [1.54, 1.807) is 11.8 Å². The molecule has 5 rings (SSSR count). The fourth-order valence-electron chi connectivity index (χ4n) is 4.77. The summed E-state index contributed by atoms with van der Waals surface area (Å²) in [6, 6.07) is 11.6. The molecule has 1 unspecified atom stereocenters. The number of nitrogens with one attached hydrogen (secondary N) is 1. The third kappa shape index (κ3) is 4.09. The zero-order chi connectivity index (χ0) is 24.0. The molecule has 0 fully saturated rings. The number of hydrogen-bond acceptors (Lipinski definition) is 7. The van der Waals surface area contributed by atoms with E-state index in [0.717, 1.165) is 27.7 Å². The fourth-order valence-corrected chi connectivity index (χ4v) is 5.35. The van der Waals surface area contributed by atoms with Crippen molar-refractivity contribution >= 4 is 27.7 Å². The van der Waals surface area contributed by atoms with Crippen molar-refractivity contribution in [1.82, 2.24) is 20.2 Å². The first kappa shape index (κ1) is 22.6. The van der Waals surface area contributed by atoms with Gasteiger partial charge in [0.15, 0.2) is 17.3 Å². The smallest absolute Gasteiger partial charge is 0.248 e. The Morgan fingerprint density at radius 2 is 2.06 bits per heavy atom. The van der Waals surface area contributed by atoms with E-state index >= 15 is 0 Å². The molecule has 0 amide bonds. The Morgan fingerprint density at radius 3 is 2.82 bits per heavy atom. The minimum Gasteiger partial charge on any atom is -0.493 e. The summed E-state index contributed by atoms with van der Waals surface area (Å²) in [4.78, 5) is 13.3. The SMILES string of the molecule is COc1cc(C2C3=C(CC(C)(C)CC3=O)Nc3nnnn32)cc(Br)c1OCc1cccc(C)c1. The van der Waals surface area contributed by atoms with E-state index in [4.69, 9.17) is 9.47 Å². The van der Waals surface area contributed by atoms with E-state index in [9.17, 15) is 4.79 Å². The largest absolute Gasteiger partial charge is 0.493 e. The minimum absolute atomic E-state index is 0.0970. The van der Waals surface area contributed by atoms with Crippen LogP contribution in [0.15, 0.2) is 52.1 Å². The number of benzene rings is 2. The first-order valence-electron chi connectivity index (χ1n) is 11.1. The van der Waals surface area contributed by atoms with Crippen molar-refractivity contribution in [2.45, 2.75) is 46.3 Å². The maximum Gasteiger partial charge on any atom is 0.248 e. The zero-order valence-corrected chi connectivity index (χ0v) is 21.1. The number of halogens is 1. The molecule has 176 valence electrons. The van der Waals surface area contributed by atoms with E-state index in [0.29, 0.717) is 36.0 Å². The maximum absolute atomic E-state index is 13.3. The van der Waals surface area contributed by atoms with Crippen LogP contribution in [0.1, 0.15) is 49.4 Å². The summed E-state index contributed by atoms with van der Waals surface area (Å²) >= 11 is 3.66. The highest BCUT2D eigenvalue weighted by atomic mass is 79.9. The highest BCUT2D eigenvalue weighted by Gasteiger charge is 2.42. The van der Waals surface area contributed by atoms with Gasteiger partial charge in [0.25, 0.3) is 0 Å². The number of anilines is 1. The minimum atomic E-state index is -0.458. The number of ketones is 1. The number of aromatic nitrogens is 4. The van der Waals surface area contributed by atoms with Crippen molar-refractivity contribution in [2.24, 2.45) is 5.41 Å². The van der Waals surface area contributed by atoms with Gasteiger partial charge >= 0.3 is 0 Å².